The first-order valence-corrected chi connectivity index (χ1v) is 11.8. The molecular formula is C25H27F2N7O4. The molecule has 1 saturated heterocycles. The fourth-order valence-electron chi connectivity index (χ4n) is 4.10. The van der Waals surface area contributed by atoms with Gasteiger partial charge in [-0.25, -0.2) is 23.5 Å². The van der Waals surface area contributed by atoms with Crippen molar-refractivity contribution in [2.75, 3.05) is 41.8 Å². The molecule has 2 aromatic heterocycles. The third kappa shape index (κ3) is 6.24. The molecule has 0 spiro atoms. The number of carbonyl (C=O) groups is 2. The van der Waals surface area contributed by atoms with Gasteiger partial charge in [0, 0.05) is 19.2 Å². The summed E-state index contributed by atoms with van der Waals surface area (Å²) in [4.78, 5) is 33.5. The number of anilines is 4. The summed E-state index contributed by atoms with van der Waals surface area (Å²) in [5, 5.41) is 17.3. The van der Waals surface area contributed by atoms with Crippen molar-refractivity contribution in [3.63, 3.8) is 0 Å². The fourth-order valence-corrected chi connectivity index (χ4v) is 4.10. The van der Waals surface area contributed by atoms with Crippen LogP contribution in [0.3, 0.4) is 0 Å². The van der Waals surface area contributed by atoms with Crippen LogP contribution in [0.1, 0.15) is 28.9 Å². The van der Waals surface area contributed by atoms with E-state index in [9.17, 15) is 19.1 Å². The van der Waals surface area contributed by atoms with Gasteiger partial charge in [-0.15, -0.1) is 0 Å². The molecule has 13 heteroatoms. The maximum Gasteiger partial charge on any atom is 0.404 e. The molecule has 38 heavy (non-hydrogen) atoms. The number of morpholine rings is 1. The minimum atomic E-state index is -1.25. The number of primary amides is 1. The lowest BCUT2D eigenvalue weighted by Gasteiger charge is -2.28. The molecule has 3 heterocycles. The van der Waals surface area contributed by atoms with Gasteiger partial charge in [-0.2, -0.15) is 0 Å². The van der Waals surface area contributed by atoms with Crippen LogP contribution in [0, 0.1) is 11.6 Å². The van der Waals surface area contributed by atoms with E-state index in [0.717, 1.165) is 6.07 Å². The van der Waals surface area contributed by atoms with Crippen molar-refractivity contribution < 1.29 is 28.2 Å². The number of hydrogen-bond donors (Lipinski definition) is 5. The third-order valence-corrected chi connectivity index (χ3v) is 5.94. The number of nitrogens with two attached hydrogens (primary N) is 1. The maximum absolute atomic E-state index is 15.1. The summed E-state index contributed by atoms with van der Waals surface area (Å²) in [6, 6.07) is 9.46. The number of halogens is 2. The summed E-state index contributed by atoms with van der Waals surface area (Å²) in [7, 11) is 0. The Morgan fingerprint density at radius 3 is 2.45 bits per heavy atom. The summed E-state index contributed by atoms with van der Waals surface area (Å²) in [6.07, 6.45) is 0.109. The highest BCUT2D eigenvalue weighted by molar-refractivity contribution is 5.98. The molecule has 4 rings (SSSR count). The van der Waals surface area contributed by atoms with E-state index in [-0.39, 0.29) is 28.7 Å². The highest BCUT2D eigenvalue weighted by atomic mass is 19.1. The first-order chi connectivity index (χ1) is 18.2. The van der Waals surface area contributed by atoms with Gasteiger partial charge in [-0.05, 0) is 18.6 Å². The van der Waals surface area contributed by atoms with Gasteiger partial charge in [0.2, 0.25) is 0 Å². The zero-order valence-electron chi connectivity index (χ0n) is 20.4. The molecule has 6 N–H and O–H groups in total. The first-order valence-electron chi connectivity index (χ1n) is 11.8. The lowest BCUT2D eigenvalue weighted by atomic mass is 10.0. The summed E-state index contributed by atoms with van der Waals surface area (Å²) in [6.45, 7) is 3.52. The average molecular weight is 528 g/mol. The quantitative estimate of drug-likeness (QED) is 0.282. The van der Waals surface area contributed by atoms with E-state index in [1.807, 2.05) is 0 Å². The predicted molar refractivity (Wildman–Crippen MR) is 137 cm³/mol. The minimum absolute atomic E-state index is 0.132. The van der Waals surface area contributed by atoms with Gasteiger partial charge in [0.1, 0.15) is 5.82 Å². The Balaban J connectivity index is 1.65. The van der Waals surface area contributed by atoms with Gasteiger partial charge in [-0.1, -0.05) is 30.3 Å². The van der Waals surface area contributed by atoms with Crippen molar-refractivity contribution >= 4 is 35.1 Å². The van der Waals surface area contributed by atoms with Crippen molar-refractivity contribution in [1.82, 2.24) is 15.3 Å². The molecule has 11 nitrogen and oxygen atoms in total. The van der Waals surface area contributed by atoms with E-state index in [2.05, 4.69) is 25.9 Å². The first kappa shape index (κ1) is 26.5. The second-order valence-electron chi connectivity index (χ2n) is 8.60. The Kier molecular flexibility index (Phi) is 8.16. The van der Waals surface area contributed by atoms with Crippen LogP contribution in [0.4, 0.5) is 36.7 Å². The number of pyridine rings is 2. The Hall–Kier alpha value is -4.52. The number of carbonyl (C=O) groups excluding carboxylic acids is 1. The zero-order valence-corrected chi connectivity index (χ0v) is 20.4. The van der Waals surface area contributed by atoms with E-state index < -0.39 is 35.7 Å². The Morgan fingerprint density at radius 2 is 1.82 bits per heavy atom. The van der Waals surface area contributed by atoms with E-state index in [0.29, 0.717) is 31.9 Å². The van der Waals surface area contributed by atoms with Crippen LogP contribution in [-0.4, -0.2) is 59.4 Å². The SMILES string of the molecule is C[C@H](NC(=O)O)[C@H](Nc1nc(Nc2cnc(N3CCOCC3)c(F)c2)c(C(N)=O)cc1F)c1ccccc1. The second kappa shape index (κ2) is 11.7. The Bertz CT molecular complexity index is 1310. The number of carboxylic acid groups (broad SMARTS) is 1. The van der Waals surface area contributed by atoms with Gasteiger partial charge < -0.3 is 36.4 Å². The molecule has 0 saturated carbocycles. The monoisotopic (exact) mass is 527 g/mol. The molecule has 2 amide bonds. The zero-order chi connectivity index (χ0) is 27.2. The molecule has 1 aliphatic rings. The molecule has 200 valence electrons. The third-order valence-electron chi connectivity index (χ3n) is 5.94. The minimum Gasteiger partial charge on any atom is -0.465 e. The van der Waals surface area contributed by atoms with Crippen molar-refractivity contribution in [3.8, 4) is 0 Å². The number of aromatic nitrogens is 2. The summed E-state index contributed by atoms with van der Waals surface area (Å²) in [5.74, 6) is -2.69. The highest BCUT2D eigenvalue weighted by Crippen LogP contribution is 2.29. The number of hydrogen-bond acceptors (Lipinski definition) is 8. The topological polar surface area (TPSA) is 155 Å². The number of benzene rings is 1. The van der Waals surface area contributed by atoms with Crippen LogP contribution >= 0.6 is 0 Å². The van der Waals surface area contributed by atoms with Crippen LogP contribution in [0.2, 0.25) is 0 Å². The van der Waals surface area contributed by atoms with Gasteiger partial charge in [0.05, 0.1) is 42.7 Å². The van der Waals surface area contributed by atoms with E-state index >= 15 is 4.39 Å². The van der Waals surface area contributed by atoms with Crippen LogP contribution in [0.5, 0.6) is 0 Å². The second-order valence-corrected chi connectivity index (χ2v) is 8.60. The lowest BCUT2D eigenvalue weighted by molar-refractivity contribution is 0.1000. The van der Waals surface area contributed by atoms with E-state index in [4.69, 9.17) is 10.5 Å². The number of rotatable bonds is 9. The molecule has 3 aromatic rings. The smallest absolute Gasteiger partial charge is 0.404 e. The van der Waals surface area contributed by atoms with Gasteiger partial charge >= 0.3 is 6.09 Å². The van der Waals surface area contributed by atoms with Crippen LogP contribution in [-0.2, 0) is 4.74 Å². The highest BCUT2D eigenvalue weighted by Gasteiger charge is 2.25. The Morgan fingerprint density at radius 1 is 1.11 bits per heavy atom. The number of amides is 2. The molecule has 2 atom stereocenters. The van der Waals surface area contributed by atoms with E-state index in [1.165, 1.54) is 12.3 Å². The van der Waals surface area contributed by atoms with Crippen LogP contribution < -0.4 is 26.6 Å². The standard InChI is InChI=1S/C25H27F2N7O4/c1-14(30-25(36)37)20(15-5-3-2-4-6-15)32-23-18(26)12-17(21(28)35)22(33-23)31-16-11-19(27)24(29-13-16)34-7-9-38-10-8-34/h2-6,11-14,20,30H,7-10H2,1H3,(H2,28,35)(H,36,37)(H2,31,32,33)/t14-,20-/m0/s1. The summed E-state index contributed by atoms with van der Waals surface area (Å²) >= 11 is 0. The molecule has 0 bridgehead atoms. The van der Waals surface area contributed by atoms with Gasteiger partial charge in [-0.3, -0.25) is 4.79 Å². The average Bonchev–Trinajstić information content (AvgIpc) is 2.89. The number of nitrogens with one attached hydrogen (secondary N) is 3. The largest absolute Gasteiger partial charge is 0.465 e. The van der Waals surface area contributed by atoms with Gasteiger partial charge in [0.15, 0.2) is 23.3 Å². The molecule has 1 fully saturated rings. The Labute approximate surface area is 217 Å². The van der Waals surface area contributed by atoms with Gasteiger partial charge in [0.25, 0.3) is 5.91 Å². The molecule has 0 aliphatic carbocycles. The summed E-state index contributed by atoms with van der Waals surface area (Å²) < 4.78 is 35.2. The van der Waals surface area contributed by atoms with Crippen molar-refractivity contribution in [3.05, 3.63) is 71.4 Å². The molecular weight excluding hydrogens is 500 g/mol. The normalized spacial score (nSPS) is 14.9. The van der Waals surface area contributed by atoms with E-state index in [1.54, 1.807) is 42.2 Å². The van der Waals surface area contributed by atoms with Crippen LogP contribution in [0.15, 0.2) is 48.7 Å². The maximum atomic E-state index is 15.1. The molecule has 0 unspecified atom stereocenters. The van der Waals surface area contributed by atoms with Crippen molar-refractivity contribution in [2.45, 2.75) is 19.0 Å². The molecule has 1 aromatic carbocycles. The van der Waals surface area contributed by atoms with Crippen molar-refractivity contribution in [1.29, 1.82) is 0 Å². The molecule has 1 aliphatic heterocycles. The fraction of sp³-hybridized carbons (Fsp3) is 0.280. The molecule has 0 radical (unpaired) electrons. The van der Waals surface area contributed by atoms with Crippen LogP contribution in [0.25, 0.3) is 0 Å². The van der Waals surface area contributed by atoms with Crippen molar-refractivity contribution in [2.24, 2.45) is 5.73 Å². The lowest BCUT2D eigenvalue weighted by Crippen LogP contribution is -2.39. The number of ether oxygens (including phenoxy) is 1. The number of nitrogens with zero attached hydrogens (tertiary/aromatic N) is 3. The predicted octanol–water partition coefficient (Wildman–Crippen LogP) is 3.24. The summed E-state index contributed by atoms with van der Waals surface area (Å²) in [5.41, 5.74) is 6.00.